The first-order valence-electron chi connectivity index (χ1n) is 9.61. The van der Waals surface area contributed by atoms with Gasteiger partial charge in [-0.25, -0.2) is 4.79 Å². The van der Waals surface area contributed by atoms with E-state index < -0.39 is 0 Å². The van der Waals surface area contributed by atoms with Gasteiger partial charge in [0.15, 0.2) is 0 Å². The molecule has 1 heterocycles. The summed E-state index contributed by atoms with van der Waals surface area (Å²) in [5, 5.41) is 0. The average Bonchev–Trinajstić information content (AvgIpc) is 2.75. The molecule has 4 rings (SSSR count). The molecule has 144 valence electrons. The molecule has 4 heteroatoms. The summed E-state index contributed by atoms with van der Waals surface area (Å²) in [7, 11) is 0. The number of aryl methyl sites for hydroxylation is 1. The normalized spacial score (nSPS) is 10.8. The van der Waals surface area contributed by atoms with Crippen LogP contribution < -0.4 is 11.2 Å². The molecule has 0 aliphatic heterocycles. The molecule has 0 amide bonds. The largest absolute Gasteiger partial charge is 0.331 e. The monoisotopic (exact) mass is 382 g/mol. The second kappa shape index (κ2) is 8.15. The lowest BCUT2D eigenvalue weighted by molar-refractivity contribution is 0.614. The Morgan fingerprint density at radius 3 is 1.83 bits per heavy atom. The first-order valence-corrected chi connectivity index (χ1v) is 9.61. The van der Waals surface area contributed by atoms with Gasteiger partial charge in [-0.15, -0.1) is 0 Å². The molecule has 0 aliphatic carbocycles. The summed E-state index contributed by atoms with van der Waals surface area (Å²) < 4.78 is 2.96. The van der Waals surface area contributed by atoms with Crippen LogP contribution in [0, 0.1) is 6.92 Å². The van der Waals surface area contributed by atoms with Crippen molar-refractivity contribution in [1.82, 2.24) is 9.13 Å². The lowest BCUT2D eigenvalue weighted by atomic mass is 10.0. The zero-order valence-electron chi connectivity index (χ0n) is 16.3. The van der Waals surface area contributed by atoms with Gasteiger partial charge in [0.2, 0.25) is 0 Å². The van der Waals surface area contributed by atoms with Gasteiger partial charge in [0.05, 0.1) is 18.7 Å². The molecule has 4 aromatic rings. The van der Waals surface area contributed by atoms with E-state index in [9.17, 15) is 9.59 Å². The molecule has 0 N–H and O–H groups in total. The Morgan fingerprint density at radius 1 is 0.655 bits per heavy atom. The van der Waals surface area contributed by atoms with E-state index in [0.717, 1.165) is 22.3 Å². The van der Waals surface area contributed by atoms with Gasteiger partial charge in [-0.1, -0.05) is 84.9 Å². The van der Waals surface area contributed by atoms with Crippen molar-refractivity contribution in [2.24, 2.45) is 0 Å². The summed E-state index contributed by atoms with van der Waals surface area (Å²) in [6, 6.07) is 27.1. The van der Waals surface area contributed by atoms with E-state index in [4.69, 9.17) is 0 Å². The molecule has 1 aromatic heterocycles. The number of hydrogen-bond acceptors (Lipinski definition) is 2. The molecule has 0 saturated heterocycles. The van der Waals surface area contributed by atoms with Crippen molar-refractivity contribution in [2.45, 2.75) is 20.0 Å². The fraction of sp³-hybridized carbons (Fsp3) is 0.120. The number of nitrogens with zero attached hydrogens (tertiary/aromatic N) is 2. The number of benzene rings is 3. The molecular weight excluding hydrogens is 360 g/mol. The van der Waals surface area contributed by atoms with Gasteiger partial charge in [-0.3, -0.25) is 13.9 Å². The zero-order valence-corrected chi connectivity index (χ0v) is 16.3. The van der Waals surface area contributed by atoms with E-state index in [-0.39, 0.29) is 17.8 Å². The molecule has 3 aromatic carbocycles. The minimum absolute atomic E-state index is 0.243. The van der Waals surface area contributed by atoms with E-state index in [0.29, 0.717) is 12.1 Å². The molecule has 0 spiro atoms. The Morgan fingerprint density at radius 2 is 1.21 bits per heavy atom. The Labute approximate surface area is 169 Å². The van der Waals surface area contributed by atoms with Crippen LogP contribution in [-0.2, 0) is 13.1 Å². The molecular formula is C25H22N2O2. The lowest BCUT2D eigenvalue weighted by Gasteiger charge is -2.15. The second-order valence-corrected chi connectivity index (χ2v) is 7.13. The molecule has 0 saturated carbocycles. The lowest BCUT2D eigenvalue weighted by Crippen LogP contribution is -2.40. The Hall–Kier alpha value is -3.66. The second-order valence-electron chi connectivity index (χ2n) is 7.13. The first-order chi connectivity index (χ1) is 14.1. The van der Waals surface area contributed by atoms with Crippen molar-refractivity contribution in [3.8, 4) is 11.1 Å². The van der Waals surface area contributed by atoms with E-state index in [1.54, 1.807) is 10.8 Å². The van der Waals surface area contributed by atoms with E-state index in [1.807, 2.05) is 91.9 Å². The van der Waals surface area contributed by atoms with E-state index in [1.165, 1.54) is 4.57 Å². The van der Waals surface area contributed by atoms with Crippen molar-refractivity contribution in [1.29, 1.82) is 0 Å². The SMILES string of the molecule is Cc1ccccc1-c1cn(Cc2ccccc2)c(=O)n(Cc2ccccc2)c1=O. The van der Waals surface area contributed by atoms with Gasteiger partial charge >= 0.3 is 5.69 Å². The highest BCUT2D eigenvalue weighted by atomic mass is 16.2. The van der Waals surface area contributed by atoms with Crippen LogP contribution in [0.2, 0.25) is 0 Å². The van der Waals surface area contributed by atoms with Crippen LogP contribution in [0.3, 0.4) is 0 Å². The minimum atomic E-state index is -0.306. The van der Waals surface area contributed by atoms with Crippen LogP contribution in [0.15, 0.2) is 101 Å². The fourth-order valence-electron chi connectivity index (χ4n) is 3.51. The average molecular weight is 382 g/mol. The zero-order chi connectivity index (χ0) is 20.2. The van der Waals surface area contributed by atoms with Crippen LogP contribution in [0.1, 0.15) is 16.7 Å². The molecule has 0 atom stereocenters. The summed E-state index contributed by atoms with van der Waals surface area (Å²) >= 11 is 0. The highest BCUT2D eigenvalue weighted by molar-refractivity contribution is 5.65. The minimum Gasteiger partial charge on any atom is -0.295 e. The van der Waals surface area contributed by atoms with Gasteiger partial charge in [-0.05, 0) is 29.2 Å². The van der Waals surface area contributed by atoms with Gasteiger partial charge in [0, 0.05) is 6.20 Å². The Bertz CT molecular complexity index is 1240. The molecule has 4 nitrogen and oxygen atoms in total. The summed E-state index contributed by atoms with van der Waals surface area (Å²) in [6.07, 6.45) is 1.70. The van der Waals surface area contributed by atoms with E-state index >= 15 is 0 Å². The Balaban J connectivity index is 1.90. The van der Waals surface area contributed by atoms with Crippen LogP contribution in [0.5, 0.6) is 0 Å². The highest BCUT2D eigenvalue weighted by Crippen LogP contribution is 2.19. The third-order valence-electron chi connectivity index (χ3n) is 5.05. The maximum Gasteiger partial charge on any atom is 0.331 e. The predicted molar refractivity (Wildman–Crippen MR) is 116 cm³/mol. The Kier molecular flexibility index (Phi) is 5.25. The predicted octanol–water partition coefficient (Wildman–Crippen LogP) is 4.08. The van der Waals surface area contributed by atoms with Gasteiger partial charge < -0.3 is 0 Å². The third-order valence-corrected chi connectivity index (χ3v) is 5.05. The molecule has 0 aliphatic rings. The number of hydrogen-bond donors (Lipinski definition) is 0. The number of rotatable bonds is 5. The van der Waals surface area contributed by atoms with Gasteiger partial charge in [-0.2, -0.15) is 0 Å². The van der Waals surface area contributed by atoms with Crippen molar-refractivity contribution >= 4 is 0 Å². The standard InChI is InChI=1S/C25H22N2O2/c1-19-10-8-9-15-22(19)23-18-26(16-20-11-4-2-5-12-20)25(29)27(24(23)28)17-21-13-6-3-7-14-21/h2-15,18H,16-17H2,1H3. The molecule has 0 unspecified atom stereocenters. The van der Waals surface area contributed by atoms with Crippen molar-refractivity contribution in [2.75, 3.05) is 0 Å². The van der Waals surface area contributed by atoms with Crippen molar-refractivity contribution < 1.29 is 0 Å². The van der Waals surface area contributed by atoms with Crippen LogP contribution >= 0.6 is 0 Å². The quantitative estimate of drug-likeness (QED) is 0.522. The van der Waals surface area contributed by atoms with Crippen molar-refractivity contribution in [3.63, 3.8) is 0 Å². The molecule has 29 heavy (non-hydrogen) atoms. The third kappa shape index (κ3) is 3.97. The number of aromatic nitrogens is 2. The summed E-state index contributed by atoms with van der Waals surface area (Å²) in [5.41, 5.74) is 3.74. The van der Waals surface area contributed by atoms with Crippen LogP contribution in [-0.4, -0.2) is 9.13 Å². The van der Waals surface area contributed by atoms with Gasteiger partial charge in [0.1, 0.15) is 0 Å². The van der Waals surface area contributed by atoms with E-state index in [2.05, 4.69) is 0 Å². The van der Waals surface area contributed by atoms with Gasteiger partial charge in [0.25, 0.3) is 5.56 Å². The fourth-order valence-corrected chi connectivity index (χ4v) is 3.51. The first kappa shape index (κ1) is 18.7. The van der Waals surface area contributed by atoms with Crippen molar-refractivity contribution in [3.05, 3.63) is 129 Å². The smallest absolute Gasteiger partial charge is 0.295 e. The highest BCUT2D eigenvalue weighted by Gasteiger charge is 2.15. The van der Waals surface area contributed by atoms with Crippen LogP contribution in [0.4, 0.5) is 0 Å². The molecule has 0 radical (unpaired) electrons. The summed E-state index contributed by atoms with van der Waals surface area (Å²) in [4.78, 5) is 26.5. The molecule has 0 bridgehead atoms. The molecule has 0 fully saturated rings. The maximum absolute atomic E-state index is 13.3. The summed E-state index contributed by atoms with van der Waals surface area (Å²) in [5.74, 6) is 0. The topological polar surface area (TPSA) is 44.0 Å². The van der Waals surface area contributed by atoms with Crippen LogP contribution in [0.25, 0.3) is 11.1 Å². The maximum atomic E-state index is 13.3. The summed E-state index contributed by atoms with van der Waals surface area (Å²) in [6.45, 7) is 2.63.